The molecule has 2 nitrogen and oxygen atoms in total. The summed E-state index contributed by atoms with van der Waals surface area (Å²) in [6, 6.07) is 14.7. The average Bonchev–Trinajstić information content (AvgIpc) is 3.15. The highest BCUT2D eigenvalue weighted by Crippen LogP contribution is 2.39. The van der Waals surface area contributed by atoms with E-state index < -0.39 is 0 Å². The van der Waals surface area contributed by atoms with Gasteiger partial charge in [-0.05, 0) is 36.6 Å². The van der Waals surface area contributed by atoms with Gasteiger partial charge in [0.2, 0.25) is 0 Å². The summed E-state index contributed by atoms with van der Waals surface area (Å²) in [6.45, 7) is 2.87. The molecule has 1 aliphatic rings. The van der Waals surface area contributed by atoms with Gasteiger partial charge in [-0.2, -0.15) is 0 Å². The van der Waals surface area contributed by atoms with Gasteiger partial charge in [0.25, 0.3) is 5.91 Å². The summed E-state index contributed by atoms with van der Waals surface area (Å²) in [4.78, 5) is 14.7. The van der Waals surface area contributed by atoms with Crippen LogP contribution in [0.1, 0.15) is 59.5 Å². The maximum Gasteiger partial charge on any atom is 0.255 e. The molecule has 0 radical (unpaired) electrons. The first-order valence-electron chi connectivity index (χ1n) is 9.46. The van der Waals surface area contributed by atoms with Crippen LogP contribution >= 0.6 is 11.8 Å². The molecule has 138 valence electrons. The highest BCUT2D eigenvalue weighted by Gasteiger charge is 2.32. The van der Waals surface area contributed by atoms with Crippen LogP contribution in [0.3, 0.4) is 0 Å². The Morgan fingerprint density at radius 3 is 2.62 bits per heavy atom. The largest absolute Gasteiger partial charge is 0.322 e. The number of carbonyl (C=O) groups excluding carboxylic acids is 1. The molecule has 1 fully saturated rings. The highest BCUT2D eigenvalue weighted by molar-refractivity contribution is 7.99. The fourth-order valence-electron chi connectivity index (χ4n) is 3.35. The van der Waals surface area contributed by atoms with Gasteiger partial charge in [-0.3, -0.25) is 4.79 Å². The lowest BCUT2D eigenvalue weighted by Crippen LogP contribution is -2.30. The van der Waals surface area contributed by atoms with E-state index in [0.717, 1.165) is 12.2 Å². The van der Waals surface area contributed by atoms with Crippen LogP contribution in [-0.4, -0.2) is 23.1 Å². The number of carbonyl (C=O) groups is 1. The molecule has 4 heteroatoms. The Labute approximate surface area is 159 Å². The number of hydrogen-bond donors (Lipinski definition) is 0. The third-order valence-electron chi connectivity index (χ3n) is 4.84. The molecule has 0 saturated carbocycles. The molecule has 1 heterocycles. The lowest BCUT2D eigenvalue weighted by molar-refractivity contribution is 0.0759. The van der Waals surface area contributed by atoms with Gasteiger partial charge in [0.05, 0.1) is 0 Å². The standard InChI is InChI=1S/C22H26FNOS/c1-2-3-4-5-8-17-11-13-18(14-12-17)21(25)24-15-16-26-22(24)19-9-6-7-10-20(19)23/h6-7,9-14,22H,2-5,8,15-16H2,1H3. The Kier molecular flexibility index (Phi) is 6.73. The van der Waals surface area contributed by atoms with Crippen LogP contribution in [0.15, 0.2) is 48.5 Å². The molecule has 3 rings (SSSR count). The van der Waals surface area contributed by atoms with Crippen LogP contribution in [0.4, 0.5) is 4.39 Å². The fourth-order valence-corrected chi connectivity index (χ4v) is 4.62. The van der Waals surface area contributed by atoms with Crippen molar-refractivity contribution in [2.45, 2.75) is 44.4 Å². The summed E-state index contributed by atoms with van der Waals surface area (Å²) in [7, 11) is 0. The van der Waals surface area contributed by atoms with Crippen molar-refractivity contribution in [1.29, 1.82) is 0 Å². The highest BCUT2D eigenvalue weighted by atomic mass is 32.2. The van der Waals surface area contributed by atoms with Crippen molar-refractivity contribution in [2.24, 2.45) is 0 Å². The van der Waals surface area contributed by atoms with Crippen molar-refractivity contribution in [2.75, 3.05) is 12.3 Å². The van der Waals surface area contributed by atoms with Gasteiger partial charge in [0, 0.05) is 23.4 Å². The van der Waals surface area contributed by atoms with Gasteiger partial charge in [0.1, 0.15) is 11.2 Å². The van der Waals surface area contributed by atoms with Crippen molar-refractivity contribution in [3.05, 3.63) is 71.0 Å². The molecular formula is C22H26FNOS. The van der Waals surface area contributed by atoms with E-state index in [1.165, 1.54) is 37.3 Å². The molecule has 0 aliphatic carbocycles. The maximum atomic E-state index is 14.2. The Balaban J connectivity index is 1.67. The quantitative estimate of drug-likeness (QED) is 0.570. The summed E-state index contributed by atoms with van der Waals surface area (Å²) in [6.07, 6.45) is 6.03. The first-order valence-corrected chi connectivity index (χ1v) is 10.5. The Bertz CT molecular complexity index is 731. The van der Waals surface area contributed by atoms with E-state index in [0.29, 0.717) is 17.7 Å². The lowest BCUT2D eigenvalue weighted by atomic mass is 10.0. The first kappa shape index (κ1) is 19.0. The van der Waals surface area contributed by atoms with Crippen LogP contribution < -0.4 is 0 Å². The topological polar surface area (TPSA) is 20.3 Å². The SMILES string of the molecule is CCCCCCc1ccc(C(=O)N2CCSC2c2ccccc2F)cc1. The minimum Gasteiger partial charge on any atom is -0.322 e. The smallest absolute Gasteiger partial charge is 0.255 e. The summed E-state index contributed by atoms with van der Waals surface area (Å²) < 4.78 is 14.2. The summed E-state index contributed by atoms with van der Waals surface area (Å²) in [5.74, 6) is 0.577. The lowest BCUT2D eigenvalue weighted by Gasteiger charge is -2.24. The van der Waals surface area contributed by atoms with E-state index in [1.54, 1.807) is 28.8 Å². The number of halogens is 1. The number of unbranched alkanes of at least 4 members (excludes halogenated alkanes) is 3. The molecule has 1 aliphatic heterocycles. The van der Waals surface area contributed by atoms with Crippen molar-refractivity contribution >= 4 is 17.7 Å². The molecule has 1 saturated heterocycles. The first-order chi connectivity index (χ1) is 12.7. The minimum atomic E-state index is -0.243. The summed E-state index contributed by atoms with van der Waals surface area (Å²) in [5, 5.41) is -0.238. The number of benzene rings is 2. The van der Waals surface area contributed by atoms with Crippen LogP contribution in [0.2, 0.25) is 0 Å². The molecule has 0 bridgehead atoms. The number of hydrogen-bond acceptors (Lipinski definition) is 2. The van der Waals surface area contributed by atoms with Gasteiger partial charge >= 0.3 is 0 Å². The Morgan fingerprint density at radius 1 is 1.12 bits per heavy atom. The van der Waals surface area contributed by atoms with Gasteiger partial charge in [-0.25, -0.2) is 4.39 Å². The second-order valence-corrected chi connectivity index (χ2v) is 7.94. The predicted octanol–water partition coefficient (Wildman–Crippen LogP) is 5.84. The number of nitrogens with zero attached hydrogens (tertiary/aromatic N) is 1. The van der Waals surface area contributed by atoms with Crippen LogP contribution in [0.25, 0.3) is 0 Å². The molecule has 1 unspecified atom stereocenters. The van der Waals surface area contributed by atoms with Crippen LogP contribution in [-0.2, 0) is 6.42 Å². The molecule has 26 heavy (non-hydrogen) atoms. The monoisotopic (exact) mass is 371 g/mol. The molecule has 1 amide bonds. The summed E-state index contributed by atoms with van der Waals surface area (Å²) >= 11 is 1.62. The molecule has 2 aromatic carbocycles. The second-order valence-electron chi connectivity index (χ2n) is 6.75. The van der Waals surface area contributed by atoms with Crippen molar-refractivity contribution < 1.29 is 9.18 Å². The Morgan fingerprint density at radius 2 is 1.88 bits per heavy atom. The minimum absolute atomic E-state index is 0.0132. The van der Waals surface area contributed by atoms with Gasteiger partial charge in [0.15, 0.2) is 0 Å². The van der Waals surface area contributed by atoms with E-state index in [4.69, 9.17) is 0 Å². The van der Waals surface area contributed by atoms with Gasteiger partial charge in [-0.1, -0.05) is 56.5 Å². The zero-order valence-corrected chi connectivity index (χ0v) is 16.1. The third kappa shape index (κ3) is 4.47. The normalized spacial score (nSPS) is 16.8. The van der Waals surface area contributed by atoms with Gasteiger partial charge in [-0.15, -0.1) is 11.8 Å². The summed E-state index contributed by atoms with van der Waals surface area (Å²) in [5.41, 5.74) is 2.56. The number of aryl methyl sites for hydroxylation is 1. The Hall–Kier alpha value is -1.81. The van der Waals surface area contributed by atoms with E-state index in [9.17, 15) is 9.18 Å². The van der Waals surface area contributed by atoms with E-state index in [1.807, 2.05) is 18.2 Å². The van der Waals surface area contributed by atoms with Crippen LogP contribution in [0, 0.1) is 5.82 Å². The fraction of sp³-hybridized carbons (Fsp3) is 0.409. The predicted molar refractivity (Wildman–Crippen MR) is 107 cm³/mol. The molecular weight excluding hydrogens is 345 g/mol. The number of rotatable bonds is 7. The molecule has 0 spiro atoms. The van der Waals surface area contributed by atoms with E-state index >= 15 is 0 Å². The molecule has 2 aromatic rings. The maximum absolute atomic E-state index is 14.2. The van der Waals surface area contributed by atoms with E-state index in [-0.39, 0.29) is 17.1 Å². The molecule has 0 N–H and O–H groups in total. The zero-order valence-electron chi connectivity index (χ0n) is 15.3. The second kappa shape index (κ2) is 9.22. The molecule has 0 aromatic heterocycles. The van der Waals surface area contributed by atoms with Crippen molar-refractivity contribution in [1.82, 2.24) is 4.90 Å². The third-order valence-corrected chi connectivity index (χ3v) is 6.09. The van der Waals surface area contributed by atoms with Gasteiger partial charge < -0.3 is 4.90 Å². The van der Waals surface area contributed by atoms with Crippen molar-refractivity contribution in [3.63, 3.8) is 0 Å². The number of amides is 1. The van der Waals surface area contributed by atoms with Crippen LogP contribution in [0.5, 0.6) is 0 Å². The average molecular weight is 372 g/mol. The molecule has 1 atom stereocenters. The zero-order chi connectivity index (χ0) is 18.4. The van der Waals surface area contributed by atoms with Crippen molar-refractivity contribution in [3.8, 4) is 0 Å². The number of thioether (sulfide) groups is 1. The van der Waals surface area contributed by atoms with E-state index in [2.05, 4.69) is 19.1 Å².